The molecule has 2 N–H and O–H groups in total. The minimum Gasteiger partial charge on any atom is -0.383 e. The van der Waals surface area contributed by atoms with Crippen LogP contribution in [0.3, 0.4) is 0 Å². The van der Waals surface area contributed by atoms with Crippen molar-refractivity contribution in [3.63, 3.8) is 0 Å². The van der Waals surface area contributed by atoms with Crippen molar-refractivity contribution in [2.24, 2.45) is 11.8 Å². The van der Waals surface area contributed by atoms with Gasteiger partial charge in [-0.25, -0.2) is 4.79 Å². The first-order chi connectivity index (χ1) is 7.65. The van der Waals surface area contributed by atoms with Gasteiger partial charge < -0.3 is 15.4 Å². The Labute approximate surface area is 98.1 Å². The maximum atomic E-state index is 11.6. The minimum absolute atomic E-state index is 0.0670. The molecule has 0 heterocycles. The van der Waals surface area contributed by atoms with Crippen molar-refractivity contribution in [2.75, 3.05) is 20.3 Å². The van der Waals surface area contributed by atoms with Gasteiger partial charge in [0.05, 0.1) is 6.61 Å². The van der Waals surface area contributed by atoms with E-state index in [4.69, 9.17) is 4.74 Å². The molecule has 0 aromatic carbocycles. The van der Waals surface area contributed by atoms with Crippen molar-refractivity contribution < 1.29 is 9.53 Å². The summed E-state index contributed by atoms with van der Waals surface area (Å²) in [5.41, 5.74) is 0. The molecule has 94 valence electrons. The summed E-state index contributed by atoms with van der Waals surface area (Å²) in [6.45, 7) is 5.56. The third-order valence-corrected chi connectivity index (χ3v) is 3.43. The molecule has 4 nitrogen and oxygen atoms in total. The molecule has 1 aliphatic rings. The van der Waals surface area contributed by atoms with Gasteiger partial charge in [0.1, 0.15) is 0 Å². The van der Waals surface area contributed by atoms with Crippen LogP contribution in [-0.2, 0) is 4.74 Å². The Bertz CT molecular complexity index is 211. The topological polar surface area (TPSA) is 50.4 Å². The SMILES string of the molecule is COCCNC(=O)NC1[C@H](C)CCC[C@@H]1C. The van der Waals surface area contributed by atoms with E-state index in [0.29, 0.717) is 31.0 Å². The Kier molecular flexibility index (Phi) is 5.60. The van der Waals surface area contributed by atoms with Gasteiger partial charge >= 0.3 is 6.03 Å². The quantitative estimate of drug-likeness (QED) is 0.720. The van der Waals surface area contributed by atoms with Gasteiger partial charge in [0.25, 0.3) is 0 Å². The van der Waals surface area contributed by atoms with E-state index in [1.165, 1.54) is 19.3 Å². The van der Waals surface area contributed by atoms with E-state index in [-0.39, 0.29) is 6.03 Å². The Hall–Kier alpha value is -0.770. The summed E-state index contributed by atoms with van der Waals surface area (Å²) in [6, 6.07) is 0.249. The molecule has 1 unspecified atom stereocenters. The van der Waals surface area contributed by atoms with Gasteiger partial charge in [-0.1, -0.05) is 20.3 Å². The van der Waals surface area contributed by atoms with Crippen LogP contribution in [-0.4, -0.2) is 32.3 Å². The predicted octanol–water partition coefficient (Wildman–Crippen LogP) is 1.76. The van der Waals surface area contributed by atoms with Crippen molar-refractivity contribution in [1.29, 1.82) is 0 Å². The Morgan fingerprint density at radius 1 is 1.31 bits per heavy atom. The van der Waals surface area contributed by atoms with Crippen LogP contribution >= 0.6 is 0 Å². The fraction of sp³-hybridized carbons (Fsp3) is 0.917. The third kappa shape index (κ3) is 4.00. The second-order valence-corrected chi connectivity index (χ2v) is 4.80. The predicted molar refractivity (Wildman–Crippen MR) is 64.4 cm³/mol. The van der Waals surface area contributed by atoms with E-state index in [9.17, 15) is 4.79 Å². The monoisotopic (exact) mass is 228 g/mol. The van der Waals surface area contributed by atoms with Gasteiger partial charge in [-0.15, -0.1) is 0 Å². The van der Waals surface area contributed by atoms with Crippen molar-refractivity contribution in [3.05, 3.63) is 0 Å². The molecule has 3 atom stereocenters. The lowest BCUT2D eigenvalue weighted by Crippen LogP contribution is -2.50. The fourth-order valence-corrected chi connectivity index (χ4v) is 2.44. The second-order valence-electron chi connectivity index (χ2n) is 4.80. The zero-order chi connectivity index (χ0) is 12.0. The average molecular weight is 228 g/mol. The Morgan fingerprint density at radius 2 is 1.94 bits per heavy atom. The standard InChI is InChI=1S/C12H24N2O2/c1-9-5-4-6-10(2)11(9)14-12(15)13-7-8-16-3/h9-11H,4-8H2,1-3H3,(H2,13,14,15)/t9-,10+,11?. The molecule has 1 fully saturated rings. The number of rotatable bonds is 4. The van der Waals surface area contributed by atoms with Crippen molar-refractivity contribution in [3.8, 4) is 0 Å². The lowest BCUT2D eigenvalue weighted by atomic mass is 9.79. The first-order valence-corrected chi connectivity index (χ1v) is 6.18. The number of hydrogen-bond acceptors (Lipinski definition) is 2. The normalized spacial score (nSPS) is 29.8. The van der Waals surface area contributed by atoms with Crippen molar-refractivity contribution in [1.82, 2.24) is 10.6 Å². The zero-order valence-electron chi connectivity index (χ0n) is 10.6. The molecule has 16 heavy (non-hydrogen) atoms. The van der Waals surface area contributed by atoms with Crippen LogP contribution in [0.1, 0.15) is 33.1 Å². The van der Waals surface area contributed by atoms with Crippen LogP contribution in [0, 0.1) is 11.8 Å². The molecular weight excluding hydrogens is 204 g/mol. The summed E-state index contributed by atoms with van der Waals surface area (Å²) in [6.07, 6.45) is 3.71. The first-order valence-electron chi connectivity index (χ1n) is 6.18. The number of ether oxygens (including phenoxy) is 1. The van der Waals surface area contributed by atoms with Crippen LogP contribution < -0.4 is 10.6 Å². The third-order valence-electron chi connectivity index (χ3n) is 3.43. The highest BCUT2D eigenvalue weighted by Crippen LogP contribution is 2.28. The highest BCUT2D eigenvalue weighted by molar-refractivity contribution is 5.74. The van der Waals surface area contributed by atoms with Crippen molar-refractivity contribution in [2.45, 2.75) is 39.2 Å². The van der Waals surface area contributed by atoms with Crippen LogP contribution in [0.25, 0.3) is 0 Å². The Balaban J connectivity index is 2.30. The summed E-state index contributed by atoms with van der Waals surface area (Å²) in [5, 5.41) is 5.87. The number of methoxy groups -OCH3 is 1. The molecule has 0 saturated heterocycles. The number of urea groups is 1. The summed E-state index contributed by atoms with van der Waals surface area (Å²) < 4.78 is 4.88. The molecule has 0 spiro atoms. The number of hydrogen-bond donors (Lipinski definition) is 2. The van der Waals surface area contributed by atoms with Gasteiger partial charge in [-0.3, -0.25) is 0 Å². The number of carbonyl (C=O) groups is 1. The molecule has 1 aliphatic carbocycles. The van der Waals surface area contributed by atoms with E-state index >= 15 is 0 Å². The molecule has 1 rings (SSSR count). The average Bonchev–Trinajstić information content (AvgIpc) is 2.24. The summed E-state index contributed by atoms with van der Waals surface area (Å²) in [5.74, 6) is 1.16. The molecule has 0 aromatic rings. The minimum atomic E-state index is -0.0670. The second kappa shape index (κ2) is 6.74. The first kappa shape index (κ1) is 13.3. The van der Waals surface area contributed by atoms with E-state index < -0.39 is 0 Å². The Morgan fingerprint density at radius 3 is 2.50 bits per heavy atom. The summed E-state index contributed by atoms with van der Waals surface area (Å²) in [4.78, 5) is 11.6. The molecule has 0 bridgehead atoms. The van der Waals surface area contributed by atoms with E-state index in [1.54, 1.807) is 7.11 Å². The lowest BCUT2D eigenvalue weighted by Gasteiger charge is -2.35. The van der Waals surface area contributed by atoms with Gasteiger partial charge in [-0.2, -0.15) is 0 Å². The molecule has 0 aromatic heterocycles. The fourth-order valence-electron chi connectivity index (χ4n) is 2.44. The van der Waals surface area contributed by atoms with Crippen LogP contribution in [0.4, 0.5) is 4.79 Å². The summed E-state index contributed by atoms with van der Waals surface area (Å²) >= 11 is 0. The largest absolute Gasteiger partial charge is 0.383 e. The van der Waals surface area contributed by atoms with Crippen LogP contribution in [0.2, 0.25) is 0 Å². The van der Waals surface area contributed by atoms with Crippen LogP contribution in [0.5, 0.6) is 0 Å². The number of amides is 2. The van der Waals surface area contributed by atoms with E-state index in [0.717, 1.165) is 0 Å². The smallest absolute Gasteiger partial charge is 0.315 e. The zero-order valence-corrected chi connectivity index (χ0v) is 10.6. The molecule has 4 heteroatoms. The summed E-state index contributed by atoms with van der Waals surface area (Å²) in [7, 11) is 1.63. The van der Waals surface area contributed by atoms with Gasteiger partial charge in [-0.05, 0) is 24.7 Å². The molecule has 1 saturated carbocycles. The molecule has 0 aliphatic heterocycles. The number of carbonyl (C=O) groups excluding carboxylic acids is 1. The lowest BCUT2D eigenvalue weighted by molar-refractivity contribution is 0.182. The highest BCUT2D eigenvalue weighted by Gasteiger charge is 2.28. The van der Waals surface area contributed by atoms with Crippen LogP contribution in [0.15, 0.2) is 0 Å². The highest BCUT2D eigenvalue weighted by atomic mass is 16.5. The van der Waals surface area contributed by atoms with Crippen molar-refractivity contribution >= 4 is 6.03 Å². The van der Waals surface area contributed by atoms with E-state index in [2.05, 4.69) is 24.5 Å². The molecular formula is C12H24N2O2. The number of nitrogens with one attached hydrogen (secondary N) is 2. The van der Waals surface area contributed by atoms with E-state index in [1.807, 2.05) is 0 Å². The molecule has 2 amide bonds. The van der Waals surface area contributed by atoms with Gasteiger partial charge in [0.15, 0.2) is 0 Å². The molecule has 0 radical (unpaired) electrons. The van der Waals surface area contributed by atoms with Gasteiger partial charge in [0.2, 0.25) is 0 Å². The van der Waals surface area contributed by atoms with Gasteiger partial charge in [0, 0.05) is 19.7 Å². The maximum absolute atomic E-state index is 11.6. The maximum Gasteiger partial charge on any atom is 0.315 e.